The van der Waals surface area contributed by atoms with Crippen molar-refractivity contribution in [1.82, 2.24) is 19.9 Å². The van der Waals surface area contributed by atoms with Crippen molar-refractivity contribution in [1.29, 1.82) is 0 Å². The van der Waals surface area contributed by atoms with Crippen LogP contribution >= 0.6 is 0 Å². The molecule has 0 saturated carbocycles. The molecule has 6 heteroatoms. The summed E-state index contributed by atoms with van der Waals surface area (Å²) in [6.07, 6.45) is 5.20. The first-order chi connectivity index (χ1) is 12.6. The lowest BCUT2D eigenvalue weighted by molar-refractivity contribution is 0.0884. The van der Waals surface area contributed by atoms with Crippen molar-refractivity contribution in [2.75, 3.05) is 31.1 Å². The Balaban J connectivity index is 1.85. The Morgan fingerprint density at radius 2 is 1.96 bits per heavy atom. The van der Waals surface area contributed by atoms with Crippen LogP contribution in [0.5, 0.6) is 0 Å². The van der Waals surface area contributed by atoms with Crippen LogP contribution in [0.25, 0.3) is 11.4 Å². The molecule has 2 aromatic heterocycles. The lowest BCUT2D eigenvalue weighted by Gasteiger charge is -2.42. The lowest BCUT2D eigenvalue weighted by Crippen LogP contribution is -2.54. The van der Waals surface area contributed by atoms with Gasteiger partial charge in [-0.05, 0) is 31.9 Å². The predicted octanol–water partition coefficient (Wildman–Crippen LogP) is 2.38. The smallest absolute Gasteiger partial charge is 0.161 e. The van der Waals surface area contributed by atoms with Crippen molar-refractivity contribution >= 4 is 5.82 Å². The molecule has 1 fully saturated rings. The molecule has 3 heterocycles. The molecule has 1 aliphatic heterocycles. The zero-order valence-corrected chi connectivity index (χ0v) is 16.0. The van der Waals surface area contributed by atoms with Crippen molar-refractivity contribution in [2.24, 2.45) is 0 Å². The topological polar surface area (TPSA) is 65.4 Å². The Morgan fingerprint density at radius 3 is 2.62 bits per heavy atom. The SMILES string of the molecule is CCc1cc(N2CCN(CC(C)O)C(CC)C2)nc(-c2ccncc2)n1. The van der Waals surface area contributed by atoms with Gasteiger partial charge in [0.2, 0.25) is 0 Å². The summed E-state index contributed by atoms with van der Waals surface area (Å²) in [5.74, 6) is 1.76. The summed E-state index contributed by atoms with van der Waals surface area (Å²) in [6, 6.07) is 6.45. The maximum Gasteiger partial charge on any atom is 0.161 e. The van der Waals surface area contributed by atoms with Crippen molar-refractivity contribution in [3.63, 3.8) is 0 Å². The Kier molecular flexibility index (Phi) is 6.16. The van der Waals surface area contributed by atoms with Gasteiger partial charge < -0.3 is 10.0 Å². The van der Waals surface area contributed by atoms with E-state index in [1.165, 1.54) is 0 Å². The highest BCUT2D eigenvalue weighted by Gasteiger charge is 2.27. The molecular formula is C20H29N5O. The summed E-state index contributed by atoms with van der Waals surface area (Å²) in [5.41, 5.74) is 2.05. The summed E-state index contributed by atoms with van der Waals surface area (Å²) < 4.78 is 0. The Bertz CT molecular complexity index is 707. The second-order valence-corrected chi connectivity index (χ2v) is 6.98. The standard InChI is InChI=1S/C20H29N5O/c1-4-17-12-19(23-20(22-17)16-6-8-21-9-7-16)25-11-10-24(13-15(3)26)18(5-2)14-25/h6-9,12,15,18,26H,4-5,10-11,13-14H2,1-3H3. The number of aromatic nitrogens is 3. The summed E-state index contributed by atoms with van der Waals surface area (Å²) in [4.78, 5) is 18.4. The van der Waals surface area contributed by atoms with Crippen LogP contribution in [0.15, 0.2) is 30.6 Å². The molecule has 26 heavy (non-hydrogen) atoms. The number of aliphatic hydroxyl groups is 1. The highest BCUT2D eigenvalue weighted by molar-refractivity contribution is 5.57. The number of hydrogen-bond acceptors (Lipinski definition) is 6. The molecule has 140 valence electrons. The Morgan fingerprint density at radius 1 is 1.19 bits per heavy atom. The number of anilines is 1. The molecular weight excluding hydrogens is 326 g/mol. The van der Waals surface area contributed by atoms with Crippen LogP contribution < -0.4 is 4.90 Å². The highest BCUT2D eigenvalue weighted by atomic mass is 16.3. The molecule has 6 nitrogen and oxygen atoms in total. The van der Waals surface area contributed by atoms with Crippen LogP contribution in [0.3, 0.4) is 0 Å². The highest BCUT2D eigenvalue weighted by Crippen LogP contribution is 2.23. The van der Waals surface area contributed by atoms with E-state index in [-0.39, 0.29) is 6.10 Å². The first kappa shape index (κ1) is 18.7. The number of rotatable bonds is 6. The third-order valence-electron chi connectivity index (χ3n) is 4.97. The number of hydrogen-bond donors (Lipinski definition) is 1. The number of β-amino-alcohol motifs (C(OH)–C–C–N with tert-alkyl or cyclic N) is 1. The van der Waals surface area contributed by atoms with Crippen LogP contribution in [0, 0.1) is 0 Å². The molecule has 0 aliphatic carbocycles. The molecule has 0 bridgehead atoms. The van der Waals surface area contributed by atoms with Gasteiger partial charge in [0.1, 0.15) is 5.82 Å². The largest absolute Gasteiger partial charge is 0.392 e. The Labute approximate surface area is 155 Å². The minimum atomic E-state index is -0.292. The molecule has 0 radical (unpaired) electrons. The number of piperazine rings is 1. The van der Waals surface area contributed by atoms with E-state index in [9.17, 15) is 5.11 Å². The zero-order chi connectivity index (χ0) is 18.5. The summed E-state index contributed by atoms with van der Waals surface area (Å²) >= 11 is 0. The monoisotopic (exact) mass is 355 g/mol. The predicted molar refractivity (Wildman–Crippen MR) is 104 cm³/mol. The van der Waals surface area contributed by atoms with Gasteiger partial charge in [-0.15, -0.1) is 0 Å². The van der Waals surface area contributed by atoms with Gasteiger partial charge in [0.25, 0.3) is 0 Å². The summed E-state index contributed by atoms with van der Waals surface area (Å²) in [7, 11) is 0. The first-order valence-electron chi connectivity index (χ1n) is 9.56. The van der Waals surface area contributed by atoms with E-state index < -0.39 is 0 Å². The maximum absolute atomic E-state index is 9.75. The van der Waals surface area contributed by atoms with E-state index >= 15 is 0 Å². The van der Waals surface area contributed by atoms with E-state index in [1.54, 1.807) is 12.4 Å². The molecule has 2 aromatic rings. The molecule has 2 atom stereocenters. The molecule has 1 aliphatic rings. The van der Waals surface area contributed by atoms with Gasteiger partial charge in [0, 0.05) is 61.9 Å². The van der Waals surface area contributed by atoms with Gasteiger partial charge in [-0.25, -0.2) is 9.97 Å². The zero-order valence-electron chi connectivity index (χ0n) is 16.0. The number of pyridine rings is 1. The van der Waals surface area contributed by atoms with E-state index in [0.717, 1.165) is 61.9 Å². The van der Waals surface area contributed by atoms with Gasteiger partial charge in [-0.1, -0.05) is 13.8 Å². The van der Waals surface area contributed by atoms with E-state index in [2.05, 4.69) is 34.7 Å². The van der Waals surface area contributed by atoms with Gasteiger partial charge in [-0.3, -0.25) is 9.88 Å². The van der Waals surface area contributed by atoms with Crippen molar-refractivity contribution < 1.29 is 5.11 Å². The number of aryl methyl sites for hydroxylation is 1. The Hall–Kier alpha value is -2.05. The average Bonchev–Trinajstić information content (AvgIpc) is 2.68. The molecule has 0 amide bonds. The third-order valence-corrected chi connectivity index (χ3v) is 4.97. The normalized spacial score (nSPS) is 19.5. The van der Waals surface area contributed by atoms with Crippen molar-refractivity contribution in [3.05, 3.63) is 36.3 Å². The second-order valence-electron chi connectivity index (χ2n) is 6.98. The van der Waals surface area contributed by atoms with Gasteiger partial charge in [-0.2, -0.15) is 0 Å². The second kappa shape index (κ2) is 8.56. The minimum absolute atomic E-state index is 0.292. The van der Waals surface area contributed by atoms with E-state index in [0.29, 0.717) is 6.04 Å². The number of aliphatic hydroxyl groups excluding tert-OH is 1. The van der Waals surface area contributed by atoms with Crippen LogP contribution in [0.1, 0.15) is 32.9 Å². The van der Waals surface area contributed by atoms with E-state index in [1.807, 2.05) is 19.1 Å². The van der Waals surface area contributed by atoms with E-state index in [4.69, 9.17) is 9.97 Å². The molecule has 1 saturated heterocycles. The van der Waals surface area contributed by atoms with Crippen LogP contribution in [-0.2, 0) is 6.42 Å². The van der Waals surface area contributed by atoms with Crippen LogP contribution in [-0.4, -0.2) is 63.3 Å². The van der Waals surface area contributed by atoms with Gasteiger partial charge in [0.15, 0.2) is 5.82 Å². The van der Waals surface area contributed by atoms with Gasteiger partial charge >= 0.3 is 0 Å². The van der Waals surface area contributed by atoms with Crippen molar-refractivity contribution in [2.45, 2.75) is 45.8 Å². The summed E-state index contributed by atoms with van der Waals surface area (Å²) in [5, 5.41) is 9.75. The molecule has 3 rings (SSSR count). The third kappa shape index (κ3) is 4.37. The molecule has 0 aromatic carbocycles. The van der Waals surface area contributed by atoms with Crippen LogP contribution in [0.4, 0.5) is 5.82 Å². The fourth-order valence-corrected chi connectivity index (χ4v) is 3.52. The maximum atomic E-state index is 9.75. The molecule has 2 unspecified atom stereocenters. The van der Waals surface area contributed by atoms with Gasteiger partial charge in [0.05, 0.1) is 6.10 Å². The molecule has 0 spiro atoms. The van der Waals surface area contributed by atoms with Crippen LogP contribution in [0.2, 0.25) is 0 Å². The number of nitrogens with zero attached hydrogens (tertiary/aromatic N) is 5. The quantitative estimate of drug-likeness (QED) is 0.858. The minimum Gasteiger partial charge on any atom is -0.392 e. The fourth-order valence-electron chi connectivity index (χ4n) is 3.52. The first-order valence-corrected chi connectivity index (χ1v) is 9.56. The summed E-state index contributed by atoms with van der Waals surface area (Å²) in [6.45, 7) is 9.72. The fraction of sp³-hybridized carbons (Fsp3) is 0.550. The average molecular weight is 355 g/mol. The lowest BCUT2D eigenvalue weighted by atomic mass is 10.1. The van der Waals surface area contributed by atoms with Crippen molar-refractivity contribution in [3.8, 4) is 11.4 Å². The molecule has 1 N–H and O–H groups in total.